The van der Waals surface area contributed by atoms with Crippen LogP contribution in [0.5, 0.6) is 0 Å². The number of fused-ring (bicyclic) bond motifs is 1. The summed E-state index contributed by atoms with van der Waals surface area (Å²) in [5, 5.41) is 25.3. The molecule has 8 nitrogen and oxygen atoms in total. The van der Waals surface area contributed by atoms with Crippen LogP contribution in [0.25, 0.3) is 0 Å². The van der Waals surface area contributed by atoms with Crippen molar-refractivity contribution in [1.29, 1.82) is 0 Å². The molecule has 1 aromatic heterocycles. The largest absolute Gasteiger partial charge is 0.477 e. The second kappa shape index (κ2) is 6.79. The van der Waals surface area contributed by atoms with Crippen molar-refractivity contribution in [2.75, 3.05) is 6.54 Å². The highest BCUT2D eigenvalue weighted by Gasteiger charge is 2.60. The first-order valence-corrected chi connectivity index (χ1v) is 9.37. The van der Waals surface area contributed by atoms with E-state index in [9.17, 15) is 19.8 Å². The van der Waals surface area contributed by atoms with Gasteiger partial charge in [0.15, 0.2) is 0 Å². The molecular weight excluding hydrogens is 352 g/mol. The summed E-state index contributed by atoms with van der Waals surface area (Å²) in [5.74, 6) is -1.72. The zero-order valence-corrected chi connectivity index (χ0v) is 14.6. The van der Waals surface area contributed by atoms with Gasteiger partial charge >= 0.3 is 5.97 Å². The predicted octanol–water partition coefficient (Wildman–Crippen LogP) is 0.254. The molecule has 0 saturated carbocycles. The number of thioether (sulfide) groups is 1. The number of carboxylic acid groups (broad SMARTS) is 1. The molecule has 10 heteroatoms. The van der Waals surface area contributed by atoms with E-state index in [1.165, 1.54) is 28.2 Å². The highest BCUT2D eigenvalue weighted by molar-refractivity contribution is 8.02. The summed E-state index contributed by atoms with van der Waals surface area (Å²) in [4.78, 5) is 26.0. The molecule has 0 radical (unpaired) electrons. The van der Waals surface area contributed by atoms with Crippen LogP contribution in [0.1, 0.15) is 19.0 Å². The highest BCUT2D eigenvalue weighted by Crippen LogP contribution is 2.52. The Balaban J connectivity index is 1.92. The van der Waals surface area contributed by atoms with E-state index >= 15 is 0 Å². The van der Waals surface area contributed by atoms with Crippen LogP contribution in [0.2, 0.25) is 0 Å². The molecule has 1 saturated heterocycles. The minimum absolute atomic E-state index is 0.0218. The number of aromatic nitrogens is 2. The number of hydrogen-bond acceptors (Lipinski definition) is 8. The molecule has 0 aromatic carbocycles. The van der Waals surface area contributed by atoms with Gasteiger partial charge in [-0.2, -0.15) is 0 Å². The molecule has 2 aliphatic rings. The van der Waals surface area contributed by atoms with Crippen molar-refractivity contribution < 1.29 is 19.8 Å². The fraction of sp³-hybridized carbons (Fsp3) is 0.571. The van der Waals surface area contributed by atoms with Gasteiger partial charge in [0, 0.05) is 22.0 Å². The lowest BCUT2D eigenvalue weighted by molar-refractivity contribution is -0.163. The topological polar surface area (TPSA) is 130 Å². The van der Waals surface area contributed by atoms with Gasteiger partial charge in [-0.25, -0.2) is 4.79 Å². The SMILES string of the molecule is C[C@@H](O)[C@H]1C(=O)N2C(C(=O)O)=C(SCc3csnn3)[C@H](CCN)[C@H]12. The van der Waals surface area contributed by atoms with Gasteiger partial charge < -0.3 is 20.8 Å². The average Bonchev–Trinajstić information content (AvgIpc) is 3.10. The second-order valence-electron chi connectivity index (χ2n) is 5.85. The Morgan fingerprint density at radius 1 is 1.58 bits per heavy atom. The molecule has 3 heterocycles. The van der Waals surface area contributed by atoms with Gasteiger partial charge in [0.25, 0.3) is 0 Å². The van der Waals surface area contributed by atoms with Gasteiger partial charge in [-0.05, 0) is 31.4 Å². The number of amides is 1. The lowest BCUT2D eigenvalue weighted by Crippen LogP contribution is -2.64. The lowest BCUT2D eigenvalue weighted by Gasteiger charge is -2.47. The molecule has 1 amide bonds. The number of rotatable bonds is 7. The quantitative estimate of drug-likeness (QED) is 0.583. The first-order chi connectivity index (χ1) is 11.5. The number of carbonyl (C=O) groups excluding carboxylic acids is 1. The third-order valence-electron chi connectivity index (χ3n) is 4.39. The summed E-state index contributed by atoms with van der Waals surface area (Å²) >= 11 is 2.60. The Hall–Kier alpha value is -1.49. The summed E-state index contributed by atoms with van der Waals surface area (Å²) < 4.78 is 3.79. The van der Waals surface area contributed by atoms with Crippen LogP contribution in [0.3, 0.4) is 0 Å². The Kier molecular flexibility index (Phi) is 4.90. The first kappa shape index (κ1) is 17.3. The summed E-state index contributed by atoms with van der Waals surface area (Å²) in [6.45, 7) is 1.94. The van der Waals surface area contributed by atoms with Crippen LogP contribution >= 0.6 is 23.3 Å². The van der Waals surface area contributed by atoms with Crippen LogP contribution in [-0.4, -0.2) is 55.3 Å². The molecular formula is C14H18N4O4S2. The first-order valence-electron chi connectivity index (χ1n) is 7.54. The molecule has 24 heavy (non-hydrogen) atoms. The molecule has 2 aliphatic heterocycles. The fourth-order valence-corrected chi connectivity index (χ4v) is 5.22. The Bertz CT molecular complexity index is 676. The van der Waals surface area contributed by atoms with Gasteiger partial charge in [0.1, 0.15) is 5.70 Å². The minimum atomic E-state index is -1.13. The number of hydrogen-bond donors (Lipinski definition) is 3. The number of aliphatic hydroxyl groups is 1. The number of nitrogens with two attached hydrogens (primary N) is 1. The third-order valence-corrected chi connectivity index (χ3v) is 6.19. The van der Waals surface area contributed by atoms with E-state index in [1.807, 2.05) is 0 Å². The lowest BCUT2D eigenvalue weighted by atomic mass is 9.77. The highest BCUT2D eigenvalue weighted by atomic mass is 32.2. The Labute approximate surface area is 146 Å². The van der Waals surface area contributed by atoms with Crippen molar-refractivity contribution in [3.05, 3.63) is 21.7 Å². The molecule has 130 valence electrons. The molecule has 4 atom stereocenters. The van der Waals surface area contributed by atoms with E-state index < -0.39 is 18.0 Å². The number of aliphatic hydroxyl groups excluding tert-OH is 1. The van der Waals surface area contributed by atoms with Crippen LogP contribution in [0.15, 0.2) is 16.0 Å². The fourth-order valence-electron chi connectivity index (χ4n) is 3.43. The summed E-state index contributed by atoms with van der Waals surface area (Å²) in [5.41, 5.74) is 6.49. The number of aliphatic carboxylic acids is 1. The molecule has 0 aliphatic carbocycles. The van der Waals surface area contributed by atoms with E-state index in [-0.39, 0.29) is 23.6 Å². The Morgan fingerprint density at radius 3 is 2.88 bits per heavy atom. The molecule has 0 bridgehead atoms. The van der Waals surface area contributed by atoms with Gasteiger partial charge in [-0.1, -0.05) is 4.49 Å². The van der Waals surface area contributed by atoms with Crippen molar-refractivity contribution in [2.45, 2.75) is 31.2 Å². The zero-order valence-electron chi connectivity index (χ0n) is 13.0. The van der Waals surface area contributed by atoms with Gasteiger partial charge in [0.2, 0.25) is 5.91 Å². The maximum atomic E-state index is 12.3. The molecule has 0 spiro atoms. The number of nitrogens with zero attached hydrogens (tertiary/aromatic N) is 3. The minimum Gasteiger partial charge on any atom is -0.477 e. The standard InChI is InChI=1S/C14H18N4O4S2/c1-6(19)9-10-8(2-3-15)12(23-4-7-5-24-17-16-7)11(14(21)22)18(10)13(9)20/h5-6,8-10,19H,2-4,15H2,1H3,(H,21,22)/t6-,8-,9-,10-/m1/s1. The van der Waals surface area contributed by atoms with E-state index in [0.717, 1.165) is 5.69 Å². The van der Waals surface area contributed by atoms with Crippen molar-refractivity contribution in [2.24, 2.45) is 17.6 Å². The maximum Gasteiger partial charge on any atom is 0.353 e. The zero-order chi connectivity index (χ0) is 17.4. The van der Waals surface area contributed by atoms with E-state index in [2.05, 4.69) is 9.59 Å². The number of β-lactam (4-membered cyclic amide) rings is 1. The van der Waals surface area contributed by atoms with Crippen LogP contribution in [-0.2, 0) is 15.3 Å². The predicted molar refractivity (Wildman–Crippen MR) is 88.8 cm³/mol. The monoisotopic (exact) mass is 370 g/mol. The smallest absolute Gasteiger partial charge is 0.353 e. The van der Waals surface area contributed by atoms with Crippen molar-refractivity contribution in [1.82, 2.24) is 14.5 Å². The summed E-state index contributed by atoms with van der Waals surface area (Å²) in [6, 6.07) is -0.330. The normalized spacial score (nSPS) is 27.2. The molecule has 1 fully saturated rings. The molecule has 1 aromatic rings. The average molecular weight is 370 g/mol. The van der Waals surface area contributed by atoms with E-state index in [1.54, 1.807) is 12.3 Å². The van der Waals surface area contributed by atoms with E-state index in [0.29, 0.717) is 23.6 Å². The second-order valence-corrected chi connectivity index (χ2v) is 7.48. The van der Waals surface area contributed by atoms with Crippen molar-refractivity contribution in [3.63, 3.8) is 0 Å². The van der Waals surface area contributed by atoms with Gasteiger partial charge in [-0.3, -0.25) is 4.79 Å². The maximum absolute atomic E-state index is 12.3. The third kappa shape index (κ3) is 2.73. The van der Waals surface area contributed by atoms with Crippen molar-refractivity contribution in [3.8, 4) is 0 Å². The summed E-state index contributed by atoms with van der Waals surface area (Å²) in [6.07, 6.45) is -0.257. The number of carbonyl (C=O) groups is 2. The summed E-state index contributed by atoms with van der Waals surface area (Å²) in [7, 11) is 0. The van der Waals surface area contributed by atoms with Crippen LogP contribution < -0.4 is 5.73 Å². The van der Waals surface area contributed by atoms with Gasteiger partial charge in [-0.15, -0.1) is 16.9 Å². The van der Waals surface area contributed by atoms with E-state index in [4.69, 9.17) is 5.73 Å². The number of carboxylic acids is 1. The Morgan fingerprint density at radius 2 is 2.33 bits per heavy atom. The molecule has 0 unspecified atom stereocenters. The van der Waals surface area contributed by atoms with Crippen LogP contribution in [0, 0.1) is 11.8 Å². The molecule has 3 rings (SSSR count). The van der Waals surface area contributed by atoms with Crippen molar-refractivity contribution >= 4 is 35.2 Å². The van der Waals surface area contributed by atoms with Crippen LogP contribution in [0.4, 0.5) is 0 Å². The van der Waals surface area contributed by atoms with Gasteiger partial charge in [0.05, 0.1) is 23.8 Å². The molecule has 4 N–H and O–H groups in total.